The normalized spacial score (nSPS) is 10.6. The van der Waals surface area contributed by atoms with E-state index in [4.69, 9.17) is 5.84 Å². The Morgan fingerprint density at radius 2 is 2.20 bits per heavy atom. The minimum Gasteiger partial charge on any atom is -0.340 e. The number of carbonyl (C=O) groups is 1. The Hall–Kier alpha value is -1.79. The number of benzene rings is 1. The van der Waals surface area contributed by atoms with Gasteiger partial charge in [-0.15, -0.1) is 0 Å². The maximum Gasteiger partial charge on any atom is 0.272 e. The number of nitrogens with one attached hydrogen (secondary N) is 1. The minimum atomic E-state index is -0.0960. The number of fused-ring (bicyclic) bond motifs is 1. The molecule has 106 valence electrons. The van der Waals surface area contributed by atoms with Gasteiger partial charge >= 0.3 is 0 Å². The Morgan fingerprint density at radius 3 is 2.90 bits per heavy atom. The molecule has 0 aliphatic carbocycles. The molecule has 1 heterocycles. The van der Waals surface area contributed by atoms with E-state index < -0.39 is 0 Å². The topological polar surface area (TPSA) is 71.2 Å². The van der Waals surface area contributed by atoms with Crippen LogP contribution in [0.1, 0.15) is 10.5 Å². The number of amides is 1. The van der Waals surface area contributed by atoms with Crippen LogP contribution in [-0.2, 0) is 0 Å². The summed E-state index contributed by atoms with van der Waals surface area (Å²) in [6, 6.07) is 9.50. The number of nitrogens with zero attached hydrogens (tertiary/aromatic N) is 2. The van der Waals surface area contributed by atoms with E-state index >= 15 is 0 Å². The van der Waals surface area contributed by atoms with E-state index in [0.29, 0.717) is 18.1 Å². The molecule has 0 saturated carbocycles. The predicted octanol–water partition coefficient (Wildman–Crippen LogP) is 1.96. The largest absolute Gasteiger partial charge is 0.340 e. The number of pyridine rings is 1. The van der Waals surface area contributed by atoms with Gasteiger partial charge in [0.25, 0.3) is 5.91 Å². The van der Waals surface area contributed by atoms with Gasteiger partial charge in [-0.1, -0.05) is 24.3 Å². The van der Waals surface area contributed by atoms with Crippen molar-refractivity contribution in [2.24, 2.45) is 5.84 Å². The highest BCUT2D eigenvalue weighted by atomic mass is 32.2. The first-order valence-corrected chi connectivity index (χ1v) is 7.67. The molecular weight excluding hydrogens is 272 g/mol. The van der Waals surface area contributed by atoms with Crippen molar-refractivity contribution in [2.75, 3.05) is 31.0 Å². The second-order valence-corrected chi connectivity index (χ2v) is 5.43. The van der Waals surface area contributed by atoms with Crippen LogP contribution in [0, 0.1) is 0 Å². The molecule has 1 amide bonds. The summed E-state index contributed by atoms with van der Waals surface area (Å²) in [7, 11) is 1.78. The second-order valence-electron chi connectivity index (χ2n) is 4.44. The van der Waals surface area contributed by atoms with Crippen LogP contribution >= 0.6 is 11.8 Å². The highest BCUT2D eigenvalue weighted by Crippen LogP contribution is 2.22. The number of carbonyl (C=O) groups excluding carboxylic acids is 1. The molecule has 0 radical (unpaired) electrons. The molecule has 0 bridgehead atoms. The first-order valence-electron chi connectivity index (χ1n) is 6.28. The molecular formula is C14H18N4OS. The Labute approximate surface area is 122 Å². The molecule has 0 unspecified atom stereocenters. The number of anilines is 1. The van der Waals surface area contributed by atoms with Gasteiger partial charge in [-0.25, -0.2) is 10.8 Å². The van der Waals surface area contributed by atoms with E-state index in [2.05, 4.69) is 10.4 Å². The van der Waals surface area contributed by atoms with E-state index in [1.165, 1.54) is 0 Å². The summed E-state index contributed by atoms with van der Waals surface area (Å²) in [5, 5.41) is 1.84. The fourth-order valence-corrected chi connectivity index (χ4v) is 2.40. The average Bonchev–Trinajstić information content (AvgIpc) is 2.50. The van der Waals surface area contributed by atoms with Gasteiger partial charge in [0, 0.05) is 24.7 Å². The lowest BCUT2D eigenvalue weighted by molar-refractivity contribution is 0.0798. The summed E-state index contributed by atoms with van der Waals surface area (Å²) in [5.74, 6) is 6.82. The number of nitrogen functional groups attached to an aromatic ring is 1. The van der Waals surface area contributed by atoms with E-state index in [1.54, 1.807) is 29.8 Å². The summed E-state index contributed by atoms with van der Waals surface area (Å²) in [4.78, 5) is 18.3. The highest BCUT2D eigenvalue weighted by molar-refractivity contribution is 7.98. The van der Waals surface area contributed by atoms with Crippen LogP contribution in [0.25, 0.3) is 10.8 Å². The molecule has 1 aromatic heterocycles. The molecule has 6 heteroatoms. The Bertz CT molecular complexity index is 617. The van der Waals surface area contributed by atoms with Crippen LogP contribution in [0.2, 0.25) is 0 Å². The summed E-state index contributed by atoms with van der Waals surface area (Å²) < 4.78 is 0. The molecule has 0 atom stereocenters. The Kier molecular flexibility index (Phi) is 4.81. The van der Waals surface area contributed by atoms with Crippen molar-refractivity contribution in [3.05, 3.63) is 36.0 Å². The van der Waals surface area contributed by atoms with Gasteiger partial charge in [-0.2, -0.15) is 11.8 Å². The average molecular weight is 290 g/mol. The molecule has 20 heavy (non-hydrogen) atoms. The van der Waals surface area contributed by atoms with Crippen molar-refractivity contribution in [1.82, 2.24) is 9.88 Å². The standard InChI is InChI=1S/C14H18N4OS/c1-18(7-8-20-2)14(19)12-9-10-5-3-4-6-11(10)13(16-12)17-15/h3-6,9H,7-8,15H2,1-2H3,(H,16,17). The zero-order valence-corrected chi connectivity index (χ0v) is 12.4. The molecule has 2 rings (SSSR count). The lowest BCUT2D eigenvalue weighted by Crippen LogP contribution is -2.29. The third-order valence-corrected chi connectivity index (χ3v) is 3.66. The number of hydrogen-bond donors (Lipinski definition) is 2. The van der Waals surface area contributed by atoms with Gasteiger partial charge in [0.2, 0.25) is 0 Å². The van der Waals surface area contributed by atoms with Crippen LogP contribution in [0.5, 0.6) is 0 Å². The number of thioether (sulfide) groups is 1. The zero-order chi connectivity index (χ0) is 14.5. The Morgan fingerprint density at radius 1 is 1.45 bits per heavy atom. The first-order chi connectivity index (χ1) is 9.67. The summed E-state index contributed by atoms with van der Waals surface area (Å²) in [6.45, 7) is 0.694. The van der Waals surface area contributed by atoms with Gasteiger partial charge in [0.05, 0.1) is 0 Å². The summed E-state index contributed by atoms with van der Waals surface area (Å²) in [6.07, 6.45) is 2.02. The van der Waals surface area contributed by atoms with Crippen LogP contribution in [-0.4, -0.2) is 41.4 Å². The van der Waals surface area contributed by atoms with Gasteiger partial charge in [0.1, 0.15) is 11.5 Å². The van der Waals surface area contributed by atoms with Crippen LogP contribution in [0.3, 0.4) is 0 Å². The van der Waals surface area contributed by atoms with Crippen molar-refractivity contribution in [2.45, 2.75) is 0 Å². The van der Waals surface area contributed by atoms with Crippen molar-refractivity contribution < 1.29 is 4.79 Å². The second kappa shape index (κ2) is 6.58. The maximum atomic E-state index is 12.3. The van der Waals surface area contributed by atoms with Crippen molar-refractivity contribution >= 4 is 34.3 Å². The van der Waals surface area contributed by atoms with Crippen molar-refractivity contribution in [3.63, 3.8) is 0 Å². The molecule has 2 aromatic rings. The van der Waals surface area contributed by atoms with E-state index in [1.807, 2.05) is 30.5 Å². The number of rotatable bonds is 5. The number of nitrogens with two attached hydrogens (primary N) is 1. The van der Waals surface area contributed by atoms with E-state index in [9.17, 15) is 4.79 Å². The number of hydrogen-bond acceptors (Lipinski definition) is 5. The summed E-state index contributed by atoms with van der Waals surface area (Å²) >= 11 is 1.71. The fourth-order valence-electron chi connectivity index (χ4n) is 1.94. The van der Waals surface area contributed by atoms with Crippen molar-refractivity contribution in [1.29, 1.82) is 0 Å². The van der Waals surface area contributed by atoms with Gasteiger partial charge in [-0.3, -0.25) is 4.79 Å². The van der Waals surface area contributed by atoms with Gasteiger partial charge in [-0.05, 0) is 17.7 Å². The molecule has 0 spiro atoms. The predicted molar refractivity (Wildman–Crippen MR) is 84.9 cm³/mol. The van der Waals surface area contributed by atoms with Gasteiger partial charge < -0.3 is 10.3 Å². The lowest BCUT2D eigenvalue weighted by Gasteiger charge is -2.17. The van der Waals surface area contributed by atoms with E-state index in [-0.39, 0.29) is 5.91 Å². The minimum absolute atomic E-state index is 0.0960. The third kappa shape index (κ3) is 3.02. The van der Waals surface area contributed by atoms with E-state index in [0.717, 1.165) is 16.5 Å². The first kappa shape index (κ1) is 14.6. The van der Waals surface area contributed by atoms with Crippen LogP contribution < -0.4 is 11.3 Å². The number of aromatic nitrogens is 1. The van der Waals surface area contributed by atoms with Crippen LogP contribution in [0.15, 0.2) is 30.3 Å². The highest BCUT2D eigenvalue weighted by Gasteiger charge is 2.15. The fraction of sp³-hybridized carbons (Fsp3) is 0.286. The maximum absolute atomic E-state index is 12.3. The molecule has 0 aliphatic heterocycles. The number of hydrazine groups is 1. The lowest BCUT2D eigenvalue weighted by atomic mass is 10.1. The quantitative estimate of drug-likeness (QED) is 0.650. The van der Waals surface area contributed by atoms with Crippen molar-refractivity contribution in [3.8, 4) is 0 Å². The molecule has 0 saturated heterocycles. The molecule has 5 nitrogen and oxygen atoms in total. The molecule has 3 N–H and O–H groups in total. The Balaban J connectivity index is 2.37. The van der Waals surface area contributed by atoms with Gasteiger partial charge in [0.15, 0.2) is 0 Å². The zero-order valence-electron chi connectivity index (χ0n) is 11.6. The molecule has 0 fully saturated rings. The smallest absolute Gasteiger partial charge is 0.272 e. The monoisotopic (exact) mass is 290 g/mol. The van der Waals surface area contributed by atoms with Crippen LogP contribution in [0.4, 0.5) is 5.82 Å². The molecule has 0 aliphatic rings. The molecule has 1 aromatic carbocycles. The SMILES string of the molecule is CSCCN(C)C(=O)c1cc2ccccc2c(NN)n1. The third-order valence-electron chi connectivity index (χ3n) is 3.07. The summed E-state index contributed by atoms with van der Waals surface area (Å²) in [5.41, 5.74) is 2.96.